The molecule has 1 unspecified atom stereocenters. The number of methoxy groups -OCH3 is 2. The molecular formula is C49H55N8O8P. The molecule has 17 heteroatoms. The second-order valence-electron chi connectivity index (χ2n) is 16.1. The number of carbonyl (C=O) groups is 1. The third kappa shape index (κ3) is 10.7. The van der Waals surface area contributed by atoms with E-state index >= 15 is 0 Å². The van der Waals surface area contributed by atoms with Gasteiger partial charge in [-0.25, -0.2) is 14.1 Å². The van der Waals surface area contributed by atoms with Crippen LogP contribution in [0.1, 0.15) is 70.4 Å². The minimum absolute atomic E-state index is 0.0156. The molecule has 7 rings (SSSR count). The number of nitrogens with zero attached hydrogens (tertiary/aromatic N) is 7. The fourth-order valence-corrected chi connectivity index (χ4v) is 9.80. The Bertz CT molecular complexity index is 2570. The molecule has 1 aliphatic heterocycles. The van der Waals surface area contributed by atoms with Crippen LogP contribution in [-0.2, 0) is 28.9 Å². The SMILES string of the molecule is COc1ccc(C(OC[C@H]2O[C@@H](n3cc(-c4cn(-c5ccccc5)nn4)c(NC(C)=O)nc3=O)C[C@@H]2OP(OCCC#N)N(C(C)C)C(C)C)(c2ccccc2)c2ccc(OC)cc2)cc1. The summed E-state index contributed by atoms with van der Waals surface area (Å²) in [5, 5.41) is 20.9. The number of anilines is 1. The lowest BCUT2D eigenvalue weighted by Gasteiger charge is -2.39. The largest absolute Gasteiger partial charge is 0.497 e. The van der Waals surface area contributed by atoms with Crippen LogP contribution in [0.2, 0.25) is 0 Å². The molecule has 4 atom stereocenters. The number of hydrogen-bond acceptors (Lipinski definition) is 13. The van der Waals surface area contributed by atoms with Gasteiger partial charge in [-0.2, -0.15) is 10.2 Å². The third-order valence-electron chi connectivity index (χ3n) is 11.1. The zero-order chi connectivity index (χ0) is 46.8. The van der Waals surface area contributed by atoms with Crippen molar-refractivity contribution in [2.75, 3.05) is 32.8 Å². The normalized spacial score (nSPS) is 16.7. The molecule has 0 aliphatic carbocycles. The number of hydrogen-bond donors (Lipinski definition) is 1. The van der Waals surface area contributed by atoms with E-state index in [1.165, 1.54) is 11.5 Å². The number of carbonyl (C=O) groups excluding carboxylic acids is 1. The highest BCUT2D eigenvalue weighted by atomic mass is 31.2. The van der Waals surface area contributed by atoms with Crippen LogP contribution in [0, 0.1) is 11.3 Å². The van der Waals surface area contributed by atoms with Gasteiger partial charge in [-0.05, 0) is 80.8 Å². The van der Waals surface area contributed by atoms with Crippen LogP contribution in [0.25, 0.3) is 16.9 Å². The van der Waals surface area contributed by atoms with Crippen molar-refractivity contribution in [1.82, 2.24) is 29.2 Å². The van der Waals surface area contributed by atoms with Gasteiger partial charge in [0.2, 0.25) is 5.91 Å². The molecule has 1 aliphatic rings. The van der Waals surface area contributed by atoms with Crippen molar-refractivity contribution in [3.05, 3.63) is 149 Å². The van der Waals surface area contributed by atoms with E-state index in [2.05, 4.69) is 59.0 Å². The van der Waals surface area contributed by atoms with Crippen LogP contribution >= 0.6 is 8.53 Å². The number of amides is 1. The number of benzene rings is 4. The maximum Gasteiger partial charge on any atom is 0.351 e. The number of nitrogens with one attached hydrogen (secondary N) is 1. The number of aromatic nitrogens is 5. The van der Waals surface area contributed by atoms with Gasteiger partial charge in [0.05, 0.1) is 63.5 Å². The van der Waals surface area contributed by atoms with Crippen molar-refractivity contribution >= 4 is 20.3 Å². The first-order chi connectivity index (χ1) is 31.9. The Hall–Kier alpha value is -6.31. The molecule has 1 N–H and O–H groups in total. The summed E-state index contributed by atoms with van der Waals surface area (Å²) >= 11 is 0. The predicted molar refractivity (Wildman–Crippen MR) is 250 cm³/mol. The summed E-state index contributed by atoms with van der Waals surface area (Å²) in [5.41, 5.74) is 2.10. The summed E-state index contributed by atoms with van der Waals surface area (Å²) in [6, 6.07) is 37.0. The van der Waals surface area contributed by atoms with E-state index in [0.717, 1.165) is 22.4 Å². The molecule has 16 nitrogen and oxygen atoms in total. The van der Waals surface area contributed by atoms with E-state index in [9.17, 15) is 14.9 Å². The fourth-order valence-electron chi connectivity index (χ4n) is 8.04. The second kappa shape index (κ2) is 21.8. The maximum atomic E-state index is 14.1. The molecule has 3 heterocycles. The molecule has 4 aromatic carbocycles. The summed E-state index contributed by atoms with van der Waals surface area (Å²) in [7, 11) is 1.49. The van der Waals surface area contributed by atoms with Crippen LogP contribution in [-0.4, -0.2) is 86.8 Å². The van der Waals surface area contributed by atoms with Gasteiger partial charge in [-0.1, -0.05) is 78.0 Å². The molecule has 66 heavy (non-hydrogen) atoms. The number of ether oxygens (including phenoxy) is 4. The van der Waals surface area contributed by atoms with Gasteiger partial charge in [0, 0.05) is 31.6 Å². The first-order valence-corrected chi connectivity index (χ1v) is 22.9. The highest BCUT2D eigenvalue weighted by Gasteiger charge is 2.45. The van der Waals surface area contributed by atoms with Crippen molar-refractivity contribution < 1.29 is 32.8 Å². The summed E-state index contributed by atoms with van der Waals surface area (Å²) in [6.07, 6.45) is 1.22. The monoisotopic (exact) mass is 914 g/mol. The van der Waals surface area contributed by atoms with Crippen molar-refractivity contribution in [3.63, 3.8) is 0 Å². The van der Waals surface area contributed by atoms with E-state index in [0.29, 0.717) is 22.8 Å². The average molecular weight is 915 g/mol. The van der Waals surface area contributed by atoms with Crippen LogP contribution in [0.4, 0.5) is 5.82 Å². The first kappa shape index (κ1) is 47.6. The Balaban J connectivity index is 1.33. The van der Waals surface area contributed by atoms with Gasteiger partial charge >= 0.3 is 5.69 Å². The maximum absolute atomic E-state index is 14.1. The Morgan fingerprint density at radius 1 is 0.894 bits per heavy atom. The molecule has 1 saturated heterocycles. The van der Waals surface area contributed by atoms with Crippen LogP contribution in [0.15, 0.2) is 126 Å². The molecule has 1 amide bonds. The molecule has 1 fully saturated rings. The van der Waals surface area contributed by atoms with Gasteiger partial charge in [0.25, 0.3) is 8.53 Å². The fraction of sp³-hybridized carbons (Fsp3) is 0.347. The molecule has 0 spiro atoms. The quantitative estimate of drug-likeness (QED) is 0.0439. The van der Waals surface area contributed by atoms with Gasteiger partial charge in [0.1, 0.15) is 40.9 Å². The topological polar surface area (TPSA) is 177 Å². The van der Waals surface area contributed by atoms with Crippen molar-refractivity contribution in [2.24, 2.45) is 0 Å². The first-order valence-electron chi connectivity index (χ1n) is 21.7. The Kier molecular flexibility index (Phi) is 15.7. The lowest BCUT2D eigenvalue weighted by molar-refractivity contribution is -0.114. The van der Waals surface area contributed by atoms with Crippen LogP contribution in [0.3, 0.4) is 0 Å². The molecule has 0 radical (unpaired) electrons. The summed E-state index contributed by atoms with van der Waals surface area (Å²) in [5.74, 6) is 0.974. The van der Waals surface area contributed by atoms with E-state index in [1.54, 1.807) is 31.3 Å². The van der Waals surface area contributed by atoms with Gasteiger partial charge in [-0.3, -0.25) is 9.36 Å². The van der Waals surface area contributed by atoms with E-state index in [4.69, 9.17) is 28.0 Å². The van der Waals surface area contributed by atoms with Gasteiger partial charge < -0.3 is 33.3 Å². The summed E-state index contributed by atoms with van der Waals surface area (Å²) in [6.45, 7) is 9.73. The molecule has 2 aromatic heterocycles. The highest BCUT2D eigenvalue weighted by molar-refractivity contribution is 7.44. The minimum Gasteiger partial charge on any atom is -0.497 e. The van der Waals surface area contributed by atoms with E-state index in [-0.39, 0.29) is 44.0 Å². The number of rotatable bonds is 20. The smallest absolute Gasteiger partial charge is 0.351 e. The third-order valence-corrected chi connectivity index (χ3v) is 13.2. The zero-order valence-electron chi connectivity index (χ0n) is 38.1. The zero-order valence-corrected chi connectivity index (χ0v) is 39.0. The van der Waals surface area contributed by atoms with Crippen molar-refractivity contribution in [1.29, 1.82) is 5.26 Å². The second-order valence-corrected chi connectivity index (χ2v) is 17.5. The lowest BCUT2D eigenvalue weighted by Crippen LogP contribution is -2.39. The van der Waals surface area contributed by atoms with Gasteiger partial charge in [0.15, 0.2) is 0 Å². The van der Waals surface area contributed by atoms with Crippen molar-refractivity contribution in [2.45, 2.75) is 83.6 Å². The predicted octanol–water partition coefficient (Wildman–Crippen LogP) is 8.42. The van der Waals surface area contributed by atoms with Crippen LogP contribution < -0.4 is 20.5 Å². The molecule has 6 aromatic rings. The molecule has 0 saturated carbocycles. The number of para-hydroxylation sites is 1. The molecule has 0 bridgehead atoms. The van der Waals surface area contributed by atoms with E-state index < -0.39 is 44.2 Å². The van der Waals surface area contributed by atoms with E-state index in [1.807, 2.05) is 109 Å². The summed E-state index contributed by atoms with van der Waals surface area (Å²) < 4.78 is 44.0. The Morgan fingerprint density at radius 2 is 1.48 bits per heavy atom. The molecular weight excluding hydrogens is 860 g/mol. The lowest BCUT2D eigenvalue weighted by atomic mass is 9.80. The van der Waals surface area contributed by atoms with Crippen molar-refractivity contribution in [3.8, 4) is 34.5 Å². The highest BCUT2D eigenvalue weighted by Crippen LogP contribution is 2.51. The van der Waals surface area contributed by atoms with Gasteiger partial charge in [-0.15, -0.1) is 5.10 Å². The standard InChI is InChI=1S/C49H55N8O8P/c1-33(2)57(34(3)4)66(63-28-14-27-50)65-44-29-46(55-30-42(47(51-35(5)58)52-48(55)59)43-31-56(54-53-43)39-17-12-9-13-18-39)64-45(44)32-62-49(36-15-10-8-11-16-36,37-19-23-40(60-6)24-20-37)38-21-25-41(61-7)26-22-38/h8-13,15-26,30-31,33-34,44-46H,14,28-29,32H2,1-7H3,(H,51,52,58,59)/t44-,45+,46+,66?/m0/s1. The average Bonchev–Trinajstić information content (AvgIpc) is 3.98. The van der Waals surface area contributed by atoms with Crippen LogP contribution in [0.5, 0.6) is 11.5 Å². The summed E-state index contributed by atoms with van der Waals surface area (Å²) in [4.78, 5) is 30.9. The number of nitriles is 1. The Morgan fingerprint density at radius 3 is 2.05 bits per heavy atom. The Labute approximate surface area is 386 Å². The molecule has 344 valence electrons. The minimum atomic E-state index is -1.76.